The van der Waals surface area contributed by atoms with Gasteiger partial charge in [0, 0.05) is 11.8 Å². The van der Waals surface area contributed by atoms with Gasteiger partial charge in [-0.15, -0.1) is 0 Å². The summed E-state index contributed by atoms with van der Waals surface area (Å²) in [7, 11) is 0. The third-order valence-corrected chi connectivity index (χ3v) is 6.99. The lowest BCUT2D eigenvalue weighted by Gasteiger charge is -2.36. The highest BCUT2D eigenvalue weighted by Gasteiger charge is 2.46. The minimum absolute atomic E-state index is 0.398. The molecule has 2 aliphatic rings. The van der Waals surface area contributed by atoms with Gasteiger partial charge in [0.2, 0.25) is 0 Å². The molecule has 1 saturated carbocycles. The Morgan fingerprint density at radius 1 is 1.33 bits per heavy atom. The van der Waals surface area contributed by atoms with Gasteiger partial charge in [-0.2, -0.15) is 5.26 Å². The van der Waals surface area contributed by atoms with Crippen LogP contribution >= 0.6 is 11.8 Å². The third kappa shape index (κ3) is 3.04. The van der Waals surface area contributed by atoms with Crippen molar-refractivity contribution in [2.45, 2.75) is 42.4 Å². The van der Waals surface area contributed by atoms with E-state index in [1.54, 1.807) is 6.20 Å². The number of carboxylic acid groups (broad SMARTS) is 1. The Morgan fingerprint density at radius 3 is 2.81 bits per heavy atom. The first kappa shape index (κ1) is 17.8. The topological polar surface area (TPSA) is 74.0 Å². The van der Waals surface area contributed by atoms with Crippen LogP contribution in [0.25, 0.3) is 17.2 Å². The fourth-order valence-electron chi connectivity index (χ4n) is 3.79. The normalized spacial score (nSPS) is 19.6. The van der Waals surface area contributed by atoms with Gasteiger partial charge in [0.05, 0.1) is 11.6 Å². The molecule has 4 rings (SSSR count). The zero-order chi connectivity index (χ0) is 19.0. The average molecular weight is 376 g/mol. The second kappa shape index (κ2) is 6.86. The Balaban J connectivity index is 1.83. The molecule has 1 N–H and O–H groups in total. The Hall–Kier alpha value is -2.58. The lowest BCUT2D eigenvalue weighted by atomic mass is 9.83. The smallest absolute Gasteiger partial charge is 0.320 e. The number of nitriles is 1. The maximum Gasteiger partial charge on any atom is 0.320 e. The summed E-state index contributed by atoms with van der Waals surface area (Å²) in [6, 6.07) is 10.0. The predicted octanol–water partition coefficient (Wildman–Crippen LogP) is 4.93. The number of pyridine rings is 1. The van der Waals surface area contributed by atoms with Crippen molar-refractivity contribution in [2.24, 2.45) is 5.92 Å². The van der Waals surface area contributed by atoms with Gasteiger partial charge in [-0.05, 0) is 60.4 Å². The van der Waals surface area contributed by atoms with E-state index >= 15 is 0 Å². The molecule has 1 fully saturated rings. The highest BCUT2D eigenvalue weighted by atomic mass is 32.2. The van der Waals surface area contributed by atoms with E-state index in [9.17, 15) is 15.2 Å². The Kier molecular flexibility index (Phi) is 4.53. The summed E-state index contributed by atoms with van der Waals surface area (Å²) >= 11 is 1.38. The highest BCUT2D eigenvalue weighted by molar-refractivity contribution is 8.01. The fourth-order valence-corrected chi connectivity index (χ4v) is 5.15. The van der Waals surface area contributed by atoms with Crippen LogP contribution in [0.4, 0.5) is 0 Å². The van der Waals surface area contributed by atoms with Crippen molar-refractivity contribution in [1.29, 1.82) is 5.26 Å². The molecule has 1 heterocycles. The number of thioether (sulfide) groups is 1. The summed E-state index contributed by atoms with van der Waals surface area (Å²) in [5.41, 5.74) is 4.81. The van der Waals surface area contributed by atoms with Crippen LogP contribution in [-0.2, 0) is 11.2 Å². The predicted molar refractivity (Wildman–Crippen MR) is 106 cm³/mol. The summed E-state index contributed by atoms with van der Waals surface area (Å²) in [6.07, 6.45) is 9.05. The highest BCUT2D eigenvalue weighted by Crippen LogP contribution is 2.50. The monoisotopic (exact) mass is 376 g/mol. The molecular weight excluding hydrogens is 356 g/mol. The third-order valence-electron chi connectivity index (χ3n) is 5.50. The van der Waals surface area contributed by atoms with E-state index in [0.717, 1.165) is 40.1 Å². The van der Waals surface area contributed by atoms with E-state index in [-0.39, 0.29) is 0 Å². The largest absolute Gasteiger partial charge is 0.480 e. The molecule has 5 heteroatoms. The molecule has 0 saturated heterocycles. The quantitative estimate of drug-likeness (QED) is 0.819. The van der Waals surface area contributed by atoms with Crippen LogP contribution in [0, 0.1) is 17.2 Å². The van der Waals surface area contributed by atoms with Crippen molar-refractivity contribution in [3.05, 3.63) is 53.2 Å². The van der Waals surface area contributed by atoms with E-state index in [1.807, 2.05) is 30.3 Å². The van der Waals surface area contributed by atoms with Crippen molar-refractivity contribution in [3.8, 4) is 17.2 Å². The number of allylic oxidation sites excluding steroid dienone is 1. The maximum absolute atomic E-state index is 11.8. The van der Waals surface area contributed by atoms with Crippen LogP contribution < -0.4 is 0 Å². The number of aliphatic carboxylic acids is 1. The number of carbonyl (C=O) groups is 1. The molecule has 1 atom stereocenters. The van der Waals surface area contributed by atoms with Crippen molar-refractivity contribution in [3.63, 3.8) is 0 Å². The molecule has 4 nitrogen and oxygen atoms in total. The molecule has 1 aromatic carbocycles. The average Bonchev–Trinajstić information content (AvgIpc) is 2.63. The van der Waals surface area contributed by atoms with Crippen molar-refractivity contribution >= 4 is 23.8 Å². The number of hydrogen-bond donors (Lipinski definition) is 1. The van der Waals surface area contributed by atoms with Gasteiger partial charge in [-0.25, -0.2) is 4.98 Å². The number of hydrogen-bond acceptors (Lipinski definition) is 4. The lowest BCUT2D eigenvalue weighted by molar-refractivity contribution is -0.142. The molecule has 136 valence electrons. The van der Waals surface area contributed by atoms with Gasteiger partial charge in [0.1, 0.15) is 9.77 Å². The summed E-state index contributed by atoms with van der Waals surface area (Å²) in [4.78, 5) is 16.4. The van der Waals surface area contributed by atoms with Crippen LogP contribution in [0.15, 0.2) is 41.6 Å². The molecule has 1 unspecified atom stereocenters. The van der Waals surface area contributed by atoms with E-state index in [1.165, 1.54) is 11.8 Å². The van der Waals surface area contributed by atoms with E-state index < -0.39 is 10.7 Å². The number of aromatic nitrogens is 1. The number of nitrogens with zero attached hydrogens (tertiary/aromatic N) is 2. The number of carboxylic acids is 1. The first-order valence-electron chi connectivity index (χ1n) is 9.16. The van der Waals surface area contributed by atoms with Gasteiger partial charge < -0.3 is 5.11 Å². The van der Waals surface area contributed by atoms with E-state index in [0.29, 0.717) is 24.3 Å². The van der Waals surface area contributed by atoms with Crippen LogP contribution in [0.1, 0.15) is 42.9 Å². The molecule has 2 aromatic rings. The van der Waals surface area contributed by atoms with E-state index in [2.05, 4.69) is 24.1 Å². The second-order valence-corrected chi connectivity index (χ2v) is 8.69. The molecular formula is C22H20N2O2S. The molecule has 2 aliphatic carbocycles. The minimum atomic E-state index is -0.761. The summed E-state index contributed by atoms with van der Waals surface area (Å²) in [6.45, 7) is 2.16. The standard InChI is InChI=1S/C22H20N2O2S/c1-14-5-7-16-15(13-23)6-8-17(19(16)12-14)18-4-2-11-24-20(18)27-22(21(25)26)9-3-10-22/h2,4-8,11,14H,3,9-10,12H2,1H3,(H,25,26). The minimum Gasteiger partial charge on any atom is -0.480 e. The summed E-state index contributed by atoms with van der Waals surface area (Å²) in [5.74, 6) is -0.358. The summed E-state index contributed by atoms with van der Waals surface area (Å²) in [5, 5.41) is 19.9. The SMILES string of the molecule is CC1C=Cc2c(C#N)ccc(-c3cccnc3SC3(C(=O)O)CCC3)c2C1. The van der Waals surface area contributed by atoms with Crippen molar-refractivity contribution in [2.75, 3.05) is 0 Å². The van der Waals surface area contributed by atoms with Crippen molar-refractivity contribution < 1.29 is 9.90 Å². The van der Waals surface area contributed by atoms with Gasteiger partial charge in [-0.3, -0.25) is 4.79 Å². The number of rotatable bonds is 4. The fraction of sp³-hybridized carbons (Fsp3) is 0.318. The molecule has 0 radical (unpaired) electrons. The summed E-state index contributed by atoms with van der Waals surface area (Å²) < 4.78 is -0.761. The van der Waals surface area contributed by atoms with Gasteiger partial charge >= 0.3 is 5.97 Å². The lowest BCUT2D eigenvalue weighted by Crippen LogP contribution is -2.41. The van der Waals surface area contributed by atoms with E-state index in [4.69, 9.17) is 0 Å². The molecule has 0 spiro atoms. The van der Waals surface area contributed by atoms with Crippen molar-refractivity contribution in [1.82, 2.24) is 4.98 Å². The molecule has 27 heavy (non-hydrogen) atoms. The second-order valence-electron chi connectivity index (χ2n) is 7.32. The van der Waals surface area contributed by atoms with Gasteiger partial charge in [0.15, 0.2) is 0 Å². The molecule has 0 aliphatic heterocycles. The first-order chi connectivity index (χ1) is 13.0. The molecule has 0 amide bonds. The zero-order valence-corrected chi connectivity index (χ0v) is 15.9. The Bertz CT molecular complexity index is 986. The molecule has 1 aromatic heterocycles. The number of benzene rings is 1. The zero-order valence-electron chi connectivity index (χ0n) is 15.1. The van der Waals surface area contributed by atoms with Crippen LogP contribution in [0.3, 0.4) is 0 Å². The van der Waals surface area contributed by atoms with Crippen LogP contribution in [-0.4, -0.2) is 20.8 Å². The van der Waals surface area contributed by atoms with Gasteiger partial charge in [0.25, 0.3) is 0 Å². The van der Waals surface area contributed by atoms with Crippen LogP contribution in [0.2, 0.25) is 0 Å². The van der Waals surface area contributed by atoms with Crippen LogP contribution in [0.5, 0.6) is 0 Å². The Morgan fingerprint density at radius 2 is 2.15 bits per heavy atom. The number of fused-ring (bicyclic) bond motifs is 1. The Labute approximate surface area is 162 Å². The van der Waals surface area contributed by atoms with Gasteiger partial charge in [-0.1, -0.05) is 43.0 Å². The maximum atomic E-state index is 11.8. The first-order valence-corrected chi connectivity index (χ1v) is 9.98. The molecule has 0 bridgehead atoms.